The number of thiazole rings is 1. The Morgan fingerprint density at radius 1 is 1.26 bits per heavy atom. The van der Waals surface area contributed by atoms with E-state index in [0.29, 0.717) is 37.1 Å². The Morgan fingerprint density at radius 3 is 2.85 bits per heavy atom. The first-order valence-corrected chi connectivity index (χ1v) is 12.6. The zero-order valence-electron chi connectivity index (χ0n) is 18.3. The number of allylic oxidation sites excluding steroid dienone is 1. The maximum Gasteiger partial charge on any atom is 0.338 e. The van der Waals surface area contributed by atoms with Crippen molar-refractivity contribution in [1.82, 2.24) is 4.57 Å². The van der Waals surface area contributed by atoms with Gasteiger partial charge in [0, 0.05) is 21.5 Å². The van der Waals surface area contributed by atoms with Gasteiger partial charge in [-0.25, -0.2) is 9.79 Å². The fourth-order valence-corrected chi connectivity index (χ4v) is 5.90. The Labute approximate surface area is 207 Å². The summed E-state index contributed by atoms with van der Waals surface area (Å²) in [6, 6.07) is 14.2. The molecule has 0 aliphatic carbocycles. The van der Waals surface area contributed by atoms with Crippen LogP contribution in [0.15, 0.2) is 79.4 Å². The summed E-state index contributed by atoms with van der Waals surface area (Å²) in [4.78, 5) is 32.3. The molecule has 5 rings (SSSR count). The molecule has 0 radical (unpaired) electrons. The molecule has 1 atom stereocenters. The molecule has 9 heteroatoms. The van der Waals surface area contributed by atoms with Crippen LogP contribution in [0.25, 0.3) is 17.4 Å². The quantitative estimate of drug-likeness (QED) is 0.362. The number of thiophene rings is 1. The fourth-order valence-electron chi connectivity index (χ4n) is 3.86. The number of esters is 1. The van der Waals surface area contributed by atoms with Gasteiger partial charge in [0.05, 0.1) is 22.4 Å². The van der Waals surface area contributed by atoms with Crippen molar-refractivity contribution in [2.45, 2.75) is 19.9 Å². The Kier molecular flexibility index (Phi) is 6.12. The Balaban J connectivity index is 1.62. The van der Waals surface area contributed by atoms with Gasteiger partial charge in [-0.05, 0) is 49.6 Å². The highest BCUT2D eigenvalue weighted by Crippen LogP contribution is 2.33. The van der Waals surface area contributed by atoms with Crippen molar-refractivity contribution in [3.8, 4) is 11.3 Å². The van der Waals surface area contributed by atoms with Crippen LogP contribution in [-0.4, -0.2) is 17.1 Å². The third kappa shape index (κ3) is 4.09. The van der Waals surface area contributed by atoms with Gasteiger partial charge in [-0.3, -0.25) is 9.36 Å². The van der Waals surface area contributed by atoms with Crippen LogP contribution in [0.2, 0.25) is 5.02 Å². The van der Waals surface area contributed by atoms with Crippen LogP contribution in [-0.2, 0) is 9.53 Å². The number of rotatable bonds is 5. The van der Waals surface area contributed by atoms with Gasteiger partial charge in [0.1, 0.15) is 17.6 Å². The summed E-state index contributed by atoms with van der Waals surface area (Å²) in [6.45, 7) is 3.77. The second-order valence-electron chi connectivity index (χ2n) is 7.53. The molecule has 4 heterocycles. The van der Waals surface area contributed by atoms with Crippen molar-refractivity contribution in [1.29, 1.82) is 0 Å². The molecule has 0 amide bonds. The average molecular weight is 511 g/mol. The van der Waals surface area contributed by atoms with Crippen molar-refractivity contribution in [2.75, 3.05) is 6.61 Å². The standard InChI is InChI=1S/C25H19ClN2O4S2/c1-3-31-24(30)21-14(2)27-25-28(22(21)19-8-5-11-33-19)23(29)20(34-25)13-17-9-10-18(32-17)15-6-4-7-16(26)12-15/h4-13,22H,3H2,1-2H3/b20-13+. The minimum Gasteiger partial charge on any atom is -0.463 e. The van der Waals surface area contributed by atoms with Crippen molar-refractivity contribution in [3.63, 3.8) is 0 Å². The highest BCUT2D eigenvalue weighted by Gasteiger charge is 2.33. The molecule has 1 aromatic carbocycles. The number of nitrogens with zero attached hydrogens (tertiary/aromatic N) is 2. The van der Waals surface area contributed by atoms with Gasteiger partial charge in [-0.15, -0.1) is 11.3 Å². The van der Waals surface area contributed by atoms with E-state index < -0.39 is 12.0 Å². The molecule has 4 aromatic rings. The normalized spacial score (nSPS) is 15.9. The lowest BCUT2D eigenvalue weighted by atomic mass is 10.0. The second kappa shape index (κ2) is 9.21. The topological polar surface area (TPSA) is 73.8 Å². The number of carbonyl (C=O) groups excluding carboxylic acids is 1. The molecule has 6 nitrogen and oxygen atoms in total. The van der Waals surface area contributed by atoms with E-state index >= 15 is 0 Å². The Bertz CT molecular complexity index is 1590. The second-order valence-corrected chi connectivity index (χ2v) is 9.95. The van der Waals surface area contributed by atoms with E-state index in [1.54, 1.807) is 36.6 Å². The molecule has 0 N–H and O–H groups in total. The van der Waals surface area contributed by atoms with Gasteiger partial charge in [-0.1, -0.05) is 41.1 Å². The SMILES string of the molecule is CCOC(=O)C1=C(C)N=c2s/c(=C/c3ccc(-c4cccc(Cl)c4)o3)c(=O)n2C1c1cccs1. The first kappa shape index (κ1) is 22.6. The number of hydrogen-bond acceptors (Lipinski definition) is 7. The molecule has 172 valence electrons. The summed E-state index contributed by atoms with van der Waals surface area (Å²) in [6.07, 6.45) is 1.70. The van der Waals surface area contributed by atoms with E-state index in [-0.39, 0.29) is 12.2 Å². The first-order valence-electron chi connectivity index (χ1n) is 10.5. The predicted molar refractivity (Wildman–Crippen MR) is 134 cm³/mol. The van der Waals surface area contributed by atoms with Crippen molar-refractivity contribution >= 4 is 46.3 Å². The van der Waals surface area contributed by atoms with Gasteiger partial charge >= 0.3 is 5.97 Å². The molecule has 1 aliphatic rings. The minimum absolute atomic E-state index is 0.239. The smallest absolute Gasteiger partial charge is 0.338 e. The van der Waals surface area contributed by atoms with Crippen LogP contribution in [0.1, 0.15) is 30.5 Å². The number of furan rings is 1. The zero-order chi connectivity index (χ0) is 23.8. The van der Waals surface area contributed by atoms with Gasteiger partial charge < -0.3 is 9.15 Å². The zero-order valence-corrected chi connectivity index (χ0v) is 20.7. The van der Waals surface area contributed by atoms with Crippen LogP contribution < -0.4 is 14.9 Å². The predicted octanol–water partition coefficient (Wildman–Crippen LogP) is 4.77. The molecule has 34 heavy (non-hydrogen) atoms. The van der Waals surface area contributed by atoms with Crippen molar-refractivity contribution in [2.24, 2.45) is 4.99 Å². The fraction of sp³-hybridized carbons (Fsp3) is 0.160. The number of carbonyl (C=O) groups is 1. The molecule has 0 bridgehead atoms. The monoisotopic (exact) mass is 510 g/mol. The Morgan fingerprint density at radius 2 is 2.12 bits per heavy atom. The number of aromatic nitrogens is 1. The first-order chi connectivity index (χ1) is 16.5. The molecule has 0 saturated heterocycles. The lowest BCUT2D eigenvalue weighted by molar-refractivity contribution is -0.139. The summed E-state index contributed by atoms with van der Waals surface area (Å²) >= 11 is 8.84. The van der Waals surface area contributed by atoms with Crippen LogP contribution in [0.5, 0.6) is 0 Å². The van der Waals surface area contributed by atoms with Gasteiger partial charge in [0.15, 0.2) is 4.80 Å². The summed E-state index contributed by atoms with van der Waals surface area (Å²) in [5, 5.41) is 2.54. The highest BCUT2D eigenvalue weighted by atomic mass is 35.5. The average Bonchev–Trinajstić information content (AvgIpc) is 3.55. The van der Waals surface area contributed by atoms with Gasteiger partial charge in [0.25, 0.3) is 5.56 Å². The largest absolute Gasteiger partial charge is 0.463 e. The molecule has 1 unspecified atom stereocenters. The van der Waals surface area contributed by atoms with E-state index in [1.165, 1.54) is 22.7 Å². The van der Waals surface area contributed by atoms with Gasteiger partial charge in [0.2, 0.25) is 0 Å². The third-order valence-corrected chi connectivity index (χ3v) is 7.48. The molecule has 1 aliphatic heterocycles. The van der Waals surface area contributed by atoms with Crippen LogP contribution >= 0.6 is 34.3 Å². The lowest BCUT2D eigenvalue weighted by Crippen LogP contribution is -2.39. The van der Waals surface area contributed by atoms with Crippen LogP contribution in [0, 0.1) is 0 Å². The molecule has 0 fully saturated rings. The van der Waals surface area contributed by atoms with E-state index in [2.05, 4.69) is 4.99 Å². The Hall–Kier alpha value is -3.20. The van der Waals surface area contributed by atoms with Crippen LogP contribution in [0.4, 0.5) is 0 Å². The molecule has 3 aromatic heterocycles. The number of hydrogen-bond donors (Lipinski definition) is 0. The summed E-state index contributed by atoms with van der Waals surface area (Å²) in [5.41, 5.74) is 1.54. The molecule has 0 saturated carbocycles. The van der Waals surface area contributed by atoms with Crippen molar-refractivity contribution < 1.29 is 13.9 Å². The summed E-state index contributed by atoms with van der Waals surface area (Å²) in [7, 11) is 0. The van der Waals surface area contributed by atoms with E-state index in [0.717, 1.165) is 10.4 Å². The maximum absolute atomic E-state index is 13.5. The molecular formula is C25H19ClN2O4S2. The third-order valence-electron chi connectivity index (χ3n) is 5.34. The molecule has 0 spiro atoms. The lowest BCUT2D eigenvalue weighted by Gasteiger charge is -2.23. The maximum atomic E-state index is 13.5. The van der Waals surface area contributed by atoms with Crippen molar-refractivity contribution in [3.05, 3.63) is 101 Å². The number of benzene rings is 1. The summed E-state index contributed by atoms with van der Waals surface area (Å²) < 4.78 is 13.3. The number of fused-ring (bicyclic) bond motifs is 1. The van der Waals surface area contributed by atoms with E-state index in [1.807, 2.05) is 41.8 Å². The van der Waals surface area contributed by atoms with Gasteiger partial charge in [-0.2, -0.15) is 0 Å². The van der Waals surface area contributed by atoms with Crippen LogP contribution in [0.3, 0.4) is 0 Å². The van der Waals surface area contributed by atoms with E-state index in [9.17, 15) is 9.59 Å². The number of halogens is 1. The summed E-state index contributed by atoms with van der Waals surface area (Å²) in [5.74, 6) is 0.723. The van der Waals surface area contributed by atoms with E-state index in [4.69, 9.17) is 20.8 Å². The number of ether oxygens (including phenoxy) is 1. The highest BCUT2D eigenvalue weighted by molar-refractivity contribution is 7.10. The minimum atomic E-state index is -0.587. The molecular weight excluding hydrogens is 492 g/mol.